The number of hydrogen-bond donors (Lipinski definition) is 1. The molecule has 2 aromatic rings. The summed E-state index contributed by atoms with van der Waals surface area (Å²) in [4.78, 5) is 7.24. The minimum absolute atomic E-state index is 0. The van der Waals surface area contributed by atoms with Crippen LogP contribution in [-0.2, 0) is 6.54 Å². The van der Waals surface area contributed by atoms with Gasteiger partial charge < -0.3 is 5.32 Å². The summed E-state index contributed by atoms with van der Waals surface area (Å²) in [6.07, 6.45) is 3.81. The zero-order chi connectivity index (χ0) is 13.8. The van der Waals surface area contributed by atoms with Gasteiger partial charge in [0.15, 0.2) is 0 Å². The zero-order valence-electron chi connectivity index (χ0n) is 13.0. The number of fused-ring (bicyclic) bond motifs is 1. The minimum atomic E-state index is 0. The topological polar surface area (TPSA) is 28.2 Å². The van der Waals surface area contributed by atoms with Crippen molar-refractivity contribution in [3.8, 4) is 0 Å². The molecule has 122 valence electrons. The van der Waals surface area contributed by atoms with Crippen molar-refractivity contribution in [2.75, 3.05) is 20.1 Å². The lowest BCUT2D eigenvalue weighted by atomic mass is 10.1. The van der Waals surface area contributed by atoms with Crippen molar-refractivity contribution >= 4 is 35.7 Å². The quantitative estimate of drug-likeness (QED) is 0.923. The first-order valence-corrected chi connectivity index (χ1v) is 7.58. The molecule has 22 heavy (non-hydrogen) atoms. The second-order valence-corrected chi connectivity index (χ2v) is 5.75. The molecule has 0 bridgehead atoms. The van der Waals surface area contributed by atoms with E-state index in [2.05, 4.69) is 53.7 Å². The highest BCUT2D eigenvalue weighted by molar-refractivity contribution is 5.85. The van der Waals surface area contributed by atoms with Gasteiger partial charge in [0.2, 0.25) is 0 Å². The van der Waals surface area contributed by atoms with Gasteiger partial charge in [-0.2, -0.15) is 0 Å². The normalized spacial score (nSPS) is 18.4. The monoisotopic (exact) mass is 341 g/mol. The zero-order valence-corrected chi connectivity index (χ0v) is 14.6. The van der Waals surface area contributed by atoms with Crippen LogP contribution in [0.5, 0.6) is 0 Å². The lowest BCUT2D eigenvalue weighted by Gasteiger charge is -2.26. The summed E-state index contributed by atoms with van der Waals surface area (Å²) < 4.78 is 0. The summed E-state index contributed by atoms with van der Waals surface area (Å²) in [5.41, 5.74) is 2.27. The van der Waals surface area contributed by atoms with E-state index < -0.39 is 0 Å². The molecule has 0 aliphatic carbocycles. The van der Waals surface area contributed by atoms with E-state index in [1.165, 1.54) is 36.9 Å². The number of para-hydroxylation sites is 1. The first-order valence-electron chi connectivity index (χ1n) is 7.58. The fourth-order valence-electron chi connectivity index (χ4n) is 3.02. The summed E-state index contributed by atoms with van der Waals surface area (Å²) >= 11 is 0. The van der Waals surface area contributed by atoms with Crippen molar-refractivity contribution in [1.29, 1.82) is 0 Å². The van der Waals surface area contributed by atoms with Crippen molar-refractivity contribution < 1.29 is 0 Å². The summed E-state index contributed by atoms with van der Waals surface area (Å²) in [6.45, 7) is 3.24. The molecule has 3 rings (SSSR count). The van der Waals surface area contributed by atoms with E-state index in [-0.39, 0.29) is 24.8 Å². The number of nitrogens with zero attached hydrogens (tertiary/aromatic N) is 2. The average molecular weight is 342 g/mol. The van der Waals surface area contributed by atoms with E-state index in [9.17, 15) is 0 Å². The summed E-state index contributed by atoms with van der Waals surface area (Å²) in [6, 6.07) is 13.3. The molecule has 1 N–H and O–H groups in total. The van der Waals surface area contributed by atoms with Crippen LogP contribution >= 0.6 is 24.8 Å². The Labute approximate surface area is 145 Å². The largest absolute Gasteiger partial charge is 0.317 e. The molecule has 0 radical (unpaired) electrons. The van der Waals surface area contributed by atoms with Gasteiger partial charge in [-0.25, -0.2) is 0 Å². The van der Waals surface area contributed by atoms with Crippen molar-refractivity contribution in [2.24, 2.45) is 0 Å². The van der Waals surface area contributed by atoms with Crippen LogP contribution in [0.25, 0.3) is 10.9 Å². The van der Waals surface area contributed by atoms with E-state index in [4.69, 9.17) is 4.98 Å². The molecule has 1 atom stereocenters. The Hall–Kier alpha value is -0.870. The van der Waals surface area contributed by atoms with Gasteiger partial charge in [0.1, 0.15) is 0 Å². The van der Waals surface area contributed by atoms with Gasteiger partial charge in [-0.05, 0) is 51.5 Å². The molecule has 1 aromatic carbocycles. The molecule has 0 saturated carbocycles. The maximum Gasteiger partial charge on any atom is 0.0705 e. The van der Waals surface area contributed by atoms with E-state index in [0.29, 0.717) is 6.04 Å². The lowest BCUT2D eigenvalue weighted by Crippen LogP contribution is -2.32. The van der Waals surface area contributed by atoms with Crippen molar-refractivity contribution in [3.63, 3.8) is 0 Å². The second-order valence-electron chi connectivity index (χ2n) is 5.75. The third-order valence-electron chi connectivity index (χ3n) is 4.24. The predicted octanol–water partition coefficient (Wildman–Crippen LogP) is 3.65. The molecule has 2 heterocycles. The third kappa shape index (κ3) is 4.82. The van der Waals surface area contributed by atoms with Gasteiger partial charge in [0, 0.05) is 18.0 Å². The Bertz CT molecular complexity index is 569. The highest BCUT2D eigenvalue weighted by Crippen LogP contribution is 2.16. The fourth-order valence-corrected chi connectivity index (χ4v) is 3.02. The molecular weight excluding hydrogens is 317 g/mol. The Kier molecular flexibility index (Phi) is 8.12. The van der Waals surface area contributed by atoms with Gasteiger partial charge in [-0.15, -0.1) is 24.8 Å². The minimum Gasteiger partial charge on any atom is -0.317 e. The summed E-state index contributed by atoms with van der Waals surface area (Å²) in [7, 11) is 2.23. The number of pyridine rings is 1. The Morgan fingerprint density at radius 2 is 1.91 bits per heavy atom. The van der Waals surface area contributed by atoms with Crippen LogP contribution in [0.2, 0.25) is 0 Å². The van der Waals surface area contributed by atoms with Crippen molar-refractivity contribution in [1.82, 2.24) is 15.2 Å². The van der Waals surface area contributed by atoms with Crippen LogP contribution in [0.3, 0.4) is 0 Å². The van der Waals surface area contributed by atoms with Crippen LogP contribution in [0, 0.1) is 0 Å². The van der Waals surface area contributed by atoms with Crippen LogP contribution in [0.1, 0.15) is 25.0 Å². The highest BCUT2D eigenvalue weighted by Gasteiger charge is 2.17. The maximum absolute atomic E-state index is 4.78. The van der Waals surface area contributed by atoms with Crippen LogP contribution in [0.4, 0.5) is 0 Å². The van der Waals surface area contributed by atoms with Crippen LogP contribution < -0.4 is 5.32 Å². The summed E-state index contributed by atoms with van der Waals surface area (Å²) in [5, 5.41) is 4.70. The molecule has 1 saturated heterocycles. The molecule has 1 aliphatic heterocycles. The molecule has 0 amide bonds. The molecule has 0 spiro atoms. The van der Waals surface area contributed by atoms with Gasteiger partial charge >= 0.3 is 0 Å². The Morgan fingerprint density at radius 1 is 1.09 bits per heavy atom. The van der Waals surface area contributed by atoms with Gasteiger partial charge in [-0.1, -0.05) is 24.3 Å². The predicted molar refractivity (Wildman–Crippen MR) is 98.2 cm³/mol. The molecule has 1 unspecified atom stereocenters. The highest BCUT2D eigenvalue weighted by atomic mass is 35.5. The standard InChI is InChI=1S/C17H23N3.2ClH/c1-20(16-6-4-11-18-12-10-16)13-15-9-8-14-5-2-3-7-17(14)19-15;;/h2-3,5,7-9,16,18H,4,6,10-13H2,1H3;2*1H. The van der Waals surface area contributed by atoms with E-state index in [1.807, 2.05) is 0 Å². The number of nitrogens with one attached hydrogen (secondary N) is 1. The Morgan fingerprint density at radius 3 is 2.77 bits per heavy atom. The van der Waals surface area contributed by atoms with E-state index in [0.717, 1.165) is 18.6 Å². The molecule has 3 nitrogen and oxygen atoms in total. The van der Waals surface area contributed by atoms with Gasteiger partial charge in [-0.3, -0.25) is 9.88 Å². The molecule has 5 heteroatoms. The smallest absolute Gasteiger partial charge is 0.0705 e. The summed E-state index contributed by atoms with van der Waals surface area (Å²) in [5.74, 6) is 0. The van der Waals surface area contributed by atoms with Gasteiger partial charge in [0.05, 0.1) is 11.2 Å². The molecule has 1 fully saturated rings. The number of hydrogen-bond acceptors (Lipinski definition) is 3. The number of rotatable bonds is 3. The number of halogens is 2. The fraction of sp³-hybridized carbons (Fsp3) is 0.471. The van der Waals surface area contributed by atoms with Crippen molar-refractivity contribution in [2.45, 2.75) is 31.8 Å². The molecule has 1 aromatic heterocycles. The number of aromatic nitrogens is 1. The maximum atomic E-state index is 4.78. The molecule has 1 aliphatic rings. The Balaban J connectivity index is 0.00000121. The van der Waals surface area contributed by atoms with Crippen LogP contribution in [0.15, 0.2) is 36.4 Å². The second kappa shape index (κ2) is 9.31. The van der Waals surface area contributed by atoms with E-state index >= 15 is 0 Å². The first-order chi connectivity index (χ1) is 9.83. The van der Waals surface area contributed by atoms with Gasteiger partial charge in [0.25, 0.3) is 0 Å². The molecular formula is C17H25Cl2N3. The lowest BCUT2D eigenvalue weighted by molar-refractivity contribution is 0.214. The van der Waals surface area contributed by atoms with E-state index in [1.54, 1.807) is 0 Å². The average Bonchev–Trinajstić information content (AvgIpc) is 2.76. The van der Waals surface area contributed by atoms with Crippen LogP contribution in [-0.4, -0.2) is 36.1 Å². The first kappa shape index (κ1) is 19.2. The van der Waals surface area contributed by atoms with Crippen molar-refractivity contribution in [3.05, 3.63) is 42.1 Å². The SMILES string of the molecule is CN(Cc1ccc2ccccc2n1)C1CCCNCC1.Cl.Cl. The number of benzene rings is 1. The third-order valence-corrected chi connectivity index (χ3v) is 4.24.